The molecule has 0 saturated carbocycles. The molecule has 0 aromatic heterocycles. The van der Waals surface area contributed by atoms with Gasteiger partial charge in [0, 0.05) is 19.8 Å². The van der Waals surface area contributed by atoms with Gasteiger partial charge in [0.1, 0.15) is 6.10 Å². The Kier molecular flexibility index (Phi) is 5.22. The summed E-state index contributed by atoms with van der Waals surface area (Å²) in [5, 5.41) is 0. The van der Waals surface area contributed by atoms with Crippen LogP contribution in [0.15, 0.2) is 30.3 Å². The second kappa shape index (κ2) is 6.75. The van der Waals surface area contributed by atoms with Gasteiger partial charge in [-0.25, -0.2) is 0 Å². The fraction of sp³-hybridized carbons (Fsp3) is 0.588. The molecule has 0 spiro atoms. The van der Waals surface area contributed by atoms with Crippen molar-refractivity contribution in [3.63, 3.8) is 0 Å². The summed E-state index contributed by atoms with van der Waals surface area (Å²) in [6, 6.07) is 11.7. The summed E-state index contributed by atoms with van der Waals surface area (Å²) in [6.07, 6.45) is 1.83. The van der Waals surface area contributed by atoms with E-state index in [9.17, 15) is 4.79 Å². The first-order chi connectivity index (χ1) is 9.87. The molecule has 3 nitrogen and oxygen atoms in total. The number of benzene rings is 1. The van der Waals surface area contributed by atoms with Crippen molar-refractivity contribution in [3.05, 3.63) is 35.9 Å². The van der Waals surface area contributed by atoms with Gasteiger partial charge < -0.3 is 9.47 Å². The van der Waals surface area contributed by atoms with Crippen molar-refractivity contribution in [1.29, 1.82) is 0 Å². The van der Waals surface area contributed by atoms with Crippen molar-refractivity contribution >= 4 is 14.0 Å². The Hall–Kier alpha value is -1.13. The minimum absolute atomic E-state index is 0.0128. The largest absolute Gasteiger partial charge is 0.462 e. The number of ether oxygens (including phenoxy) is 2. The third-order valence-electron chi connectivity index (χ3n) is 4.18. The number of carbonyl (C=O) groups is 1. The maximum absolute atomic E-state index is 11.2. The molecule has 21 heavy (non-hydrogen) atoms. The van der Waals surface area contributed by atoms with Crippen molar-refractivity contribution in [2.45, 2.75) is 63.8 Å². The van der Waals surface area contributed by atoms with Gasteiger partial charge in [-0.1, -0.05) is 49.0 Å². The van der Waals surface area contributed by atoms with E-state index in [1.807, 2.05) is 6.07 Å². The summed E-state index contributed by atoms with van der Waals surface area (Å²) in [4.78, 5) is 11.2. The molecule has 2 rings (SSSR count). The Labute approximate surface area is 128 Å². The summed E-state index contributed by atoms with van der Waals surface area (Å²) in [6.45, 7) is 8.30. The standard InChI is InChI=1S/C17H26O3Si/c1-13-10-16(20-14(2)18)11-17(19-13)21(3,4)12-15-8-6-5-7-9-15/h5-9,13,16-17H,10-12H2,1-4H3/t13-,16+,17+/m1/s1. The third-order valence-corrected chi connectivity index (χ3v) is 7.61. The Morgan fingerprint density at radius 3 is 2.57 bits per heavy atom. The van der Waals surface area contributed by atoms with Crippen LogP contribution in [0.2, 0.25) is 13.1 Å². The van der Waals surface area contributed by atoms with Crippen LogP contribution in [0, 0.1) is 0 Å². The number of carbonyl (C=O) groups excluding carboxylic acids is 1. The van der Waals surface area contributed by atoms with Gasteiger partial charge in [0.05, 0.1) is 19.9 Å². The van der Waals surface area contributed by atoms with Crippen molar-refractivity contribution in [3.8, 4) is 0 Å². The molecule has 4 heteroatoms. The zero-order valence-electron chi connectivity index (χ0n) is 13.5. The average molecular weight is 306 g/mol. The maximum atomic E-state index is 11.2. The molecule has 1 aromatic rings. The monoisotopic (exact) mass is 306 g/mol. The van der Waals surface area contributed by atoms with Crippen LogP contribution in [0.25, 0.3) is 0 Å². The lowest BCUT2D eigenvalue weighted by Crippen LogP contribution is -2.52. The lowest BCUT2D eigenvalue weighted by atomic mass is 10.1. The van der Waals surface area contributed by atoms with Gasteiger partial charge in [-0.3, -0.25) is 4.79 Å². The van der Waals surface area contributed by atoms with Crippen LogP contribution in [0.5, 0.6) is 0 Å². The highest BCUT2D eigenvalue weighted by Crippen LogP contribution is 2.30. The second-order valence-corrected chi connectivity index (χ2v) is 11.8. The lowest BCUT2D eigenvalue weighted by molar-refractivity contribution is -0.154. The molecule has 0 radical (unpaired) electrons. The number of esters is 1. The topological polar surface area (TPSA) is 35.5 Å². The minimum Gasteiger partial charge on any atom is -0.462 e. The van der Waals surface area contributed by atoms with Crippen LogP contribution in [-0.2, 0) is 20.3 Å². The van der Waals surface area contributed by atoms with Gasteiger partial charge in [-0.15, -0.1) is 0 Å². The summed E-state index contributed by atoms with van der Waals surface area (Å²) in [5.41, 5.74) is 1.62. The molecule has 1 aromatic carbocycles. The van der Waals surface area contributed by atoms with E-state index in [1.165, 1.54) is 12.5 Å². The molecule has 3 atom stereocenters. The number of hydrogen-bond donors (Lipinski definition) is 0. The van der Waals surface area contributed by atoms with Crippen molar-refractivity contribution in [2.75, 3.05) is 0 Å². The molecule has 1 aliphatic rings. The van der Waals surface area contributed by atoms with E-state index in [2.05, 4.69) is 44.3 Å². The SMILES string of the molecule is CC(=O)O[C@H]1C[C@@H](C)O[C@@H]([Si](C)(C)Cc2ccccc2)C1. The lowest BCUT2D eigenvalue weighted by Gasteiger charge is -2.41. The van der Waals surface area contributed by atoms with E-state index in [4.69, 9.17) is 9.47 Å². The smallest absolute Gasteiger partial charge is 0.302 e. The zero-order chi connectivity index (χ0) is 15.5. The predicted molar refractivity (Wildman–Crippen MR) is 86.8 cm³/mol. The van der Waals surface area contributed by atoms with Crippen LogP contribution < -0.4 is 0 Å². The Balaban J connectivity index is 2.05. The van der Waals surface area contributed by atoms with E-state index in [-0.39, 0.29) is 23.9 Å². The highest BCUT2D eigenvalue weighted by Gasteiger charge is 2.40. The Bertz CT molecular complexity index is 472. The van der Waals surface area contributed by atoms with Gasteiger partial charge in [-0.2, -0.15) is 0 Å². The third kappa shape index (κ3) is 4.68. The average Bonchev–Trinajstić information content (AvgIpc) is 2.37. The molecule has 1 aliphatic heterocycles. The Morgan fingerprint density at radius 2 is 1.95 bits per heavy atom. The first kappa shape index (κ1) is 16.2. The molecule has 1 heterocycles. The van der Waals surface area contributed by atoms with Crippen LogP contribution in [0.3, 0.4) is 0 Å². The van der Waals surface area contributed by atoms with Crippen molar-refractivity contribution in [1.82, 2.24) is 0 Å². The molecule has 0 aliphatic carbocycles. The molecular formula is C17H26O3Si. The molecule has 0 amide bonds. The number of rotatable bonds is 4. The van der Waals surface area contributed by atoms with E-state index < -0.39 is 8.07 Å². The van der Waals surface area contributed by atoms with Crippen molar-refractivity contribution in [2.24, 2.45) is 0 Å². The highest BCUT2D eigenvalue weighted by atomic mass is 28.3. The van der Waals surface area contributed by atoms with Gasteiger partial charge in [0.25, 0.3) is 0 Å². The maximum Gasteiger partial charge on any atom is 0.302 e. The molecule has 1 fully saturated rings. The zero-order valence-corrected chi connectivity index (χ0v) is 14.5. The molecule has 1 saturated heterocycles. The van der Waals surface area contributed by atoms with E-state index >= 15 is 0 Å². The summed E-state index contributed by atoms with van der Waals surface area (Å²) in [7, 11) is -1.59. The second-order valence-electron chi connectivity index (χ2n) is 6.79. The van der Waals surface area contributed by atoms with E-state index in [0.717, 1.165) is 18.9 Å². The van der Waals surface area contributed by atoms with Gasteiger partial charge in [0.2, 0.25) is 0 Å². The molecule has 116 valence electrons. The van der Waals surface area contributed by atoms with E-state index in [1.54, 1.807) is 0 Å². The quantitative estimate of drug-likeness (QED) is 0.631. The van der Waals surface area contributed by atoms with Crippen LogP contribution in [0.4, 0.5) is 0 Å². The molecule has 0 unspecified atom stereocenters. The number of hydrogen-bond acceptors (Lipinski definition) is 3. The van der Waals surface area contributed by atoms with Gasteiger partial charge in [-0.05, 0) is 13.0 Å². The fourth-order valence-corrected chi connectivity index (χ4v) is 6.18. The fourth-order valence-electron chi connectivity index (χ4n) is 3.17. The van der Waals surface area contributed by atoms with Crippen molar-refractivity contribution < 1.29 is 14.3 Å². The predicted octanol–water partition coefficient (Wildman–Crippen LogP) is 3.52. The summed E-state index contributed by atoms with van der Waals surface area (Å²) >= 11 is 0. The van der Waals surface area contributed by atoms with Crippen LogP contribution in [0.1, 0.15) is 32.3 Å². The summed E-state index contributed by atoms with van der Waals surface area (Å²) < 4.78 is 11.6. The van der Waals surface area contributed by atoms with Gasteiger partial charge >= 0.3 is 5.97 Å². The first-order valence-electron chi connectivity index (χ1n) is 7.73. The van der Waals surface area contributed by atoms with Crippen LogP contribution >= 0.6 is 0 Å². The normalized spacial score (nSPS) is 26.4. The first-order valence-corrected chi connectivity index (χ1v) is 11.0. The Morgan fingerprint density at radius 1 is 1.29 bits per heavy atom. The van der Waals surface area contributed by atoms with E-state index in [0.29, 0.717) is 0 Å². The van der Waals surface area contributed by atoms with Gasteiger partial charge in [0.15, 0.2) is 0 Å². The molecular weight excluding hydrogens is 280 g/mol. The minimum atomic E-state index is -1.59. The van der Waals surface area contributed by atoms with Crippen LogP contribution in [-0.4, -0.2) is 32.0 Å². The summed E-state index contributed by atoms with van der Waals surface area (Å²) in [5.74, 6) is -0.185. The molecule has 0 N–H and O–H groups in total. The molecule has 0 bridgehead atoms. The highest BCUT2D eigenvalue weighted by molar-refractivity contribution is 6.78.